The standard InChI is InChI=1S/C13H19FN2O2S/c1-9-4-5-12(14)13(6-9)19(17,18)16-7-10(2)15-11(3)8-16/h4-6,10-11,15H,7-8H2,1-3H3. The lowest BCUT2D eigenvalue weighted by Gasteiger charge is -2.35. The van der Waals surface area contributed by atoms with Crippen molar-refractivity contribution in [2.75, 3.05) is 13.1 Å². The van der Waals surface area contributed by atoms with Crippen molar-refractivity contribution in [1.29, 1.82) is 0 Å². The van der Waals surface area contributed by atoms with Gasteiger partial charge in [-0.15, -0.1) is 0 Å². The largest absolute Gasteiger partial charge is 0.309 e. The number of piperazine rings is 1. The maximum atomic E-state index is 13.8. The van der Waals surface area contributed by atoms with Gasteiger partial charge in [0.25, 0.3) is 0 Å². The Labute approximate surface area is 113 Å². The molecule has 2 atom stereocenters. The molecule has 0 spiro atoms. The van der Waals surface area contributed by atoms with E-state index >= 15 is 0 Å². The summed E-state index contributed by atoms with van der Waals surface area (Å²) in [6, 6.07) is 4.29. The van der Waals surface area contributed by atoms with Gasteiger partial charge in [0.15, 0.2) is 0 Å². The summed E-state index contributed by atoms with van der Waals surface area (Å²) in [7, 11) is -3.76. The molecule has 106 valence electrons. The molecule has 0 aliphatic carbocycles. The second-order valence-corrected chi connectivity index (χ2v) is 7.13. The van der Waals surface area contributed by atoms with Crippen LogP contribution in [0.2, 0.25) is 0 Å². The van der Waals surface area contributed by atoms with Crippen LogP contribution in [-0.2, 0) is 10.0 Å². The highest BCUT2D eigenvalue weighted by atomic mass is 32.2. The predicted octanol–water partition coefficient (Wildman–Crippen LogP) is 1.51. The third-order valence-electron chi connectivity index (χ3n) is 3.23. The van der Waals surface area contributed by atoms with Gasteiger partial charge in [-0.3, -0.25) is 0 Å². The van der Waals surface area contributed by atoms with Crippen molar-refractivity contribution in [2.24, 2.45) is 0 Å². The highest BCUT2D eigenvalue weighted by molar-refractivity contribution is 7.89. The van der Waals surface area contributed by atoms with Crippen LogP contribution < -0.4 is 5.32 Å². The molecule has 2 unspecified atom stereocenters. The zero-order valence-electron chi connectivity index (χ0n) is 11.4. The Morgan fingerprint density at radius 3 is 2.42 bits per heavy atom. The minimum Gasteiger partial charge on any atom is -0.309 e. The number of halogens is 1. The zero-order valence-corrected chi connectivity index (χ0v) is 12.2. The minimum absolute atomic E-state index is 0.0615. The number of hydrogen-bond acceptors (Lipinski definition) is 3. The minimum atomic E-state index is -3.76. The van der Waals surface area contributed by atoms with Crippen LogP contribution in [0.5, 0.6) is 0 Å². The quantitative estimate of drug-likeness (QED) is 0.896. The molecule has 0 radical (unpaired) electrons. The third-order valence-corrected chi connectivity index (χ3v) is 5.08. The van der Waals surface area contributed by atoms with Crippen molar-refractivity contribution in [2.45, 2.75) is 37.8 Å². The molecule has 1 heterocycles. The molecule has 1 saturated heterocycles. The number of rotatable bonds is 2. The van der Waals surface area contributed by atoms with Gasteiger partial charge < -0.3 is 5.32 Å². The highest BCUT2D eigenvalue weighted by Crippen LogP contribution is 2.22. The molecule has 0 amide bonds. The van der Waals surface area contributed by atoms with E-state index in [4.69, 9.17) is 0 Å². The van der Waals surface area contributed by atoms with E-state index in [9.17, 15) is 12.8 Å². The molecule has 19 heavy (non-hydrogen) atoms. The van der Waals surface area contributed by atoms with Crippen molar-refractivity contribution in [3.05, 3.63) is 29.6 Å². The average Bonchev–Trinajstić information content (AvgIpc) is 2.31. The first kappa shape index (κ1) is 14.4. The van der Waals surface area contributed by atoms with Crippen molar-refractivity contribution < 1.29 is 12.8 Å². The molecule has 0 saturated carbocycles. The van der Waals surface area contributed by atoms with E-state index in [2.05, 4.69) is 5.32 Å². The summed E-state index contributed by atoms with van der Waals surface area (Å²) in [4.78, 5) is -0.228. The summed E-state index contributed by atoms with van der Waals surface area (Å²) < 4.78 is 40.2. The lowest BCUT2D eigenvalue weighted by molar-refractivity contribution is 0.262. The number of nitrogens with one attached hydrogen (secondary N) is 1. The van der Waals surface area contributed by atoms with E-state index in [1.54, 1.807) is 13.0 Å². The Morgan fingerprint density at radius 2 is 1.84 bits per heavy atom. The molecule has 1 aromatic rings. The van der Waals surface area contributed by atoms with Crippen molar-refractivity contribution in [3.8, 4) is 0 Å². The summed E-state index contributed by atoms with van der Waals surface area (Å²) in [5.74, 6) is -0.690. The van der Waals surface area contributed by atoms with Gasteiger partial charge in [0.2, 0.25) is 10.0 Å². The molecule has 2 rings (SSSR count). The number of benzene rings is 1. The van der Waals surface area contributed by atoms with E-state index in [0.29, 0.717) is 13.1 Å². The first-order chi connectivity index (χ1) is 8.80. The lowest BCUT2D eigenvalue weighted by Crippen LogP contribution is -2.55. The molecule has 1 aliphatic heterocycles. The van der Waals surface area contributed by atoms with Gasteiger partial charge in [0.05, 0.1) is 0 Å². The topological polar surface area (TPSA) is 49.4 Å². The van der Waals surface area contributed by atoms with E-state index in [1.165, 1.54) is 16.4 Å². The number of aryl methyl sites for hydroxylation is 1. The van der Waals surface area contributed by atoms with Gasteiger partial charge in [-0.1, -0.05) is 6.07 Å². The van der Waals surface area contributed by atoms with Gasteiger partial charge in [0, 0.05) is 25.2 Å². The fourth-order valence-electron chi connectivity index (χ4n) is 2.42. The maximum Gasteiger partial charge on any atom is 0.246 e. The molecule has 1 aromatic carbocycles. The van der Waals surface area contributed by atoms with Crippen LogP contribution in [0.25, 0.3) is 0 Å². The average molecular weight is 286 g/mol. The summed E-state index contributed by atoms with van der Waals surface area (Å²) in [5.41, 5.74) is 0.733. The fourth-order valence-corrected chi connectivity index (χ4v) is 4.19. The van der Waals surface area contributed by atoms with Gasteiger partial charge in [-0.25, -0.2) is 12.8 Å². The van der Waals surface area contributed by atoms with E-state index < -0.39 is 15.8 Å². The summed E-state index contributed by atoms with van der Waals surface area (Å²) >= 11 is 0. The summed E-state index contributed by atoms with van der Waals surface area (Å²) in [6.45, 7) is 6.32. The van der Waals surface area contributed by atoms with Gasteiger partial charge >= 0.3 is 0 Å². The van der Waals surface area contributed by atoms with Crippen molar-refractivity contribution >= 4 is 10.0 Å². The van der Waals surface area contributed by atoms with Crippen LogP contribution in [0.3, 0.4) is 0 Å². The molecule has 6 heteroatoms. The van der Waals surface area contributed by atoms with Crippen LogP contribution in [0.15, 0.2) is 23.1 Å². The van der Waals surface area contributed by atoms with Gasteiger partial charge in [0.1, 0.15) is 10.7 Å². The zero-order chi connectivity index (χ0) is 14.2. The second kappa shape index (κ2) is 5.19. The van der Waals surface area contributed by atoms with E-state index in [0.717, 1.165) is 5.56 Å². The molecule has 1 fully saturated rings. The molecular weight excluding hydrogens is 267 g/mol. The lowest BCUT2D eigenvalue weighted by atomic mass is 10.2. The highest BCUT2D eigenvalue weighted by Gasteiger charge is 2.32. The van der Waals surface area contributed by atoms with Crippen molar-refractivity contribution in [3.63, 3.8) is 0 Å². The predicted molar refractivity (Wildman–Crippen MR) is 72.0 cm³/mol. The van der Waals surface area contributed by atoms with Crippen LogP contribution in [0.1, 0.15) is 19.4 Å². The molecular formula is C13H19FN2O2S. The Balaban J connectivity index is 2.39. The smallest absolute Gasteiger partial charge is 0.246 e. The Hall–Kier alpha value is -0.980. The van der Waals surface area contributed by atoms with Gasteiger partial charge in [-0.2, -0.15) is 4.31 Å². The normalized spacial score (nSPS) is 25.5. The number of hydrogen-bond donors (Lipinski definition) is 1. The molecule has 0 aromatic heterocycles. The fraction of sp³-hybridized carbons (Fsp3) is 0.538. The second-order valence-electron chi connectivity index (χ2n) is 5.22. The van der Waals surface area contributed by atoms with E-state index in [-0.39, 0.29) is 17.0 Å². The van der Waals surface area contributed by atoms with E-state index in [1.807, 2.05) is 13.8 Å². The first-order valence-corrected chi connectivity index (χ1v) is 7.77. The molecule has 1 N–H and O–H groups in total. The molecule has 1 aliphatic rings. The van der Waals surface area contributed by atoms with Crippen LogP contribution >= 0.6 is 0 Å². The number of sulfonamides is 1. The van der Waals surface area contributed by atoms with Crippen LogP contribution in [0, 0.1) is 12.7 Å². The monoisotopic (exact) mass is 286 g/mol. The van der Waals surface area contributed by atoms with Gasteiger partial charge in [-0.05, 0) is 38.5 Å². The Kier molecular flexibility index (Phi) is 3.94. The van der Waals surface area contributed by atoms with Crippen molar-refractivity contribution in [1.82, 2.24) is 9.62 Å². The SMILES string of the molecule is Cc1ccc(F)c(S(=O)(=O)N2CC(C)NC(C)C2)c1. The Morgan fingerprint density at radius 1 is 1.26 bits per heavy atom. The number of nitrogens with zero attached hydrogens (tertiary/aromatic N) is 1. The third kappa shape index (κ3) is 2.96. The molecule has 0 bridgehead atoms. The summed E-state index contributed by atoms with van der Waals surface area (Å²) in [5, 5.41) is 3.26. The first-order valence-electron chi connectivity index (χ1n) is 6.33. The van der Waals surface area contributed by atoms with Crippen LogP contribution in [0.4, 0.5) is 4.39 Å². The summed E-state index contributed by atoms with van der Waals surface area (Å²) in [6.07, 6.45) is 0. The maximum absolute atomic E-state index is 13.8. The van der Waals surface area contributed by atoms with Crippen LogP contribution in [-0.4, -0.2) is 37.9 Å². The molecule has 4 nitrogen and oxygen atoms in total. The Bertz CT molecular complexity index is 564.